The summed E-state index contributed by atoms with van der Waals surface area (Å²) >= 11 is 0. The van der Waals surface area contributed by atoms with Crippen LogP contribution in [0.15, 0.2) is 6.20 Å². The van der Waals surface area contributed by atoms with E-state index in [9.17, 15) is 9.59 Å². The molecular formula is C20H28N4O3. The summed E-state index contributed by atoms with van der Waals surface area (Å²) in [5, 5.41) is 5.49. The lowest BCUT2D eigenvalue weighted by Crippen LogP contribution is -2.47. The van der Waals surface area contributed by atoms with Crippen LogP contribution in [0.5, 0.6) is 5.88 Å². The monoisotopic (exact) mass is 372 g/mol. The number of ether oxygens (including phenoxy) is 1. The van der Waals surface area contributed by atoms with Crippen molar-refractivity contribution in [1.29, 1.82) is 0 Å². The summed E-state index contributed by atoms with van der Waals surface area (Å²) in [4.78, 5) is 33.8. The lowest BCUT2D eigenvalue weighted by Gasteiger charge is -2.29. The lowest BCUT2D eigenvalue weighted by molar-refractivity contribution is -0.123. The standard InChI is InChI=1S/C20H28N4O3/c1-21-18(25)15(9-12-3-2-4-12)23-19(26)16-10-22-17(14-7-8-14)20(24-16)27-11-13-5-6-13/h10,12-15H,2-9,11H2,1H3,(H,21,25)(H,23,26). The molecule has 3 fully saturated rings. The van der Waals surface area contributed by atoms with Gasteiger partial charge < -0.3 is 15.4 Å². The molecule has 1 aromatic heterocycles. The fourth-order valence-electron chi connectivity index (χ4n) is 3.41. The van der Waals surface area contributed by atoms with Gasteiger partial charge in [0.15, 0.2) is 0 Å². The van der Waals surface area contributed by atoms with Crippen LogP contribution >= 0.6 is 0 Å². The first-order valence-corrected chi connectivity index (χ1v) is 10.2. The molecule has 4 rings (SSSR count). The van der Waals surface area contributed by atoms with Crippen molar-refractivity contribution < 1.29 is 14.3 Å². The predicted molar refractivity (Wildman–Crippen MR) is 99.5 cm³/mol. The number of hydrogen-bond donors (Lipinski definition) is 2. The molecule has 2 N–H and O–H groups in total. The quantitative estimate of drug-likeness (QED) is 0.693. The van der Waals surface area contributed by atoms with Gasteiger partial charge in [0.25, 0.3) is 5.91 Å². The van der Waals surface area contributed by atoms with E-state index >= 15 is 0 Å². The molecule has 1 atom stereocenters. The highest BCUT2D eigenvalue weighted by Gasteiger charge is 2.32. The Bertz CT molecular complexity index is 711. The van der Waals surface area contributed by atoms with Crippen LogP contribution in [-0.4, -0.2) is 41.5 Å². The van der Waals surface area contributed by atoms with Crippen LogP contribution in [0.4, 0.5) is 0 Å². The van der Waals surface area contributed by atoms with Crippen LogP contribution in [0.1, 0.15) is 73.5 Å². The number of carbonyl (C=O) groups excluding carboxylic acids is 2. The van der Waals surface area contributed by atoms with Gasteiger partial charge in [-0.15, -0.1) is 0 Å². The molecule has 7 nitrogen and oxygen atoms in total. The normalized spacial score (nSPS) is 20.5. The van der Waals surface area contributed by atoms with E-state index in [0.717, 1.165) is 31.4 Å². The Labute approximate surface area is 159 Å². The van der Waals surface area contributed by atoms with Gasteiger partial charge in [0.1, 0.15) is 17.4 Å². The highest BCUT2D eigenvalue weighted by Crippen LogP contribution is 2.43. The molecule has 0 aromatic carbocycles. The van der Waals surface area contributed by atoms with E-state index in [2.05, 4.69) is 20.6 Å². The van der Waals surface area contributed by atoms with Gasteiger partial charge in [-0.2, -0.15) is 0 Å². The molecule has 1 unspecified atom stereocenters. The topological polar surface area (TPSA) is 93.2 Å². The maximum atomic E-state index is 12.7. The summed E-state index contributed by atoms with van der Waals surface area (Å²) in [5.74, 6) is 1.48. The molecule has 27 heavy (non-hydrogen) atoms. The Balaban J connectivity index is 1.45. The first-order valence-electron chi connectivity index (χ1n) is 10.2. The van der Waals surface area contributed by atoms with Gasteiger partial charge in [0, 0.05) is 13.0 Å². The highest BCUT2D eigenvalue weighted by molar-refractivity contribution is 5.96. The Kier molecular flexibility index (Phi) is 5.27. The number of nitrogens with zero attached hydrogens (tertiary/aromatic N) is 2. The Morgan fingerprint density at radius 2 is 1.96 bits per heavy atom. The SMILES string of the molecule is CNC(=O)C(CC1CCC1)NC(=O)c1cnc(C2CC2)c(OCC2CC2)n1. The van der Waals surface area contributed by atoms with E-state index in [1.54, 1.807) is 7.05 Å². The number of rotatable bonds is 9. The second-order valence-electron chi connectivity index (χ2n) is 8.15. The van der Waals surface area contributed by atoms with Crippen molar-refractivity contribution >= 4 is 11.8 Å². The Morgan fingerprint density at radius 3 is 2.56 bits per heavy atom. The molecule has 0 saturated heterocycles. The molecule has 0 bridgehead atoms. The summed E-state index contributed by atoms with van der Waals surface area (Å²) in [6.45, 7) is 0.641. The third-order valence-corrected chi connectivity index (χ3v) is 5.78. The molecule has 2 amide bonds. The van der Waals surface area contributed by atoms with Crippen molar-refractivity contribution in [2.24, 2.45) is 11.8 Å². The van der Waals surface area contributed by atoms with Gasteiger partial charge in [-0.1, -0.05) is 19.3 Å². The second kappa shape index (κ2) is 7.82. The number of aromatic nitrogens is 2. The fraction of sp³-hybridized carbons (Fsp3) is 0.700. The minimum absolute atomic E-state index is 0.164. The van der Waals surface area contributed by atoms with Gasteiger partial charge in [0.2, 0.25) is 11.8 Å². The first kappa shape index (κ1) is 18.2. The number of nitrogens with one attached hydrogen (secondary N) is 2. The largest absolute Gasteiger partial charge is 0.476 e. The molecule has 0 radical (unpaired) electrons. The van der Waals surface area contributed by atoms with Gasteiger partial charge in [0.05, 0.1) is 12.8 Å². The summed E-state index contributed by atoms with van der Waals surface area (Å²) in [7, 11) is 1.59. The summed E-state index contributed by atoms with van der Waals surface area (Å²) in [5.41, 5.74) is 1.08. The zero-order valence-electron chi connectivity index (χ0n) is 15.9. The molecular weight excluding hydrogens is 344 g/mol. The first-order chi connectivity index (χ1) is 13.1. The Hall–Kier alpha value is -2.18. The summed E-state index contributed by atoms with van der Waals surface area (Å²) in [6.07, 6.45) is 10.2. The smallest absolute Gasteiger partial charge is 0.272 e. The van der Waals surface area contributed by atoms with E-state index in [4.69, 9.17) is 4.74 Å². The molecule has 0 aliphatic heterocycles. The number of carbonyl (C=O) groups is 2. The van der Waals surface area contributed by atoms with Crippen LogP contribution in [0.25, 0.3) is 0 Å². The number of likely N-dealkylation sites (N-methyl/N-ethyl adjacent to an activating group) is 1. The van der Waals surface area contributed by atoms with E-state index < -0.39 is 6.04 Å². The summed E-state index contributed by atoms with van der Waals surface area (Å²) < 4.78 is 5.88. The zero-order valence-corrected chi connectivity index (χ0v) is 15.9. The van der Waals surface area contributed by atoms with Crippen molar-refractivity contribution in [3.63, 3.8) is 0 Å². The molecule has 7 heteroatoms. The average molecular weight is 372 g/mol. The third-order valence-electron chi connectivity index (χ3n) is 5.78. The van der Waals surface area contributed by atoms with Crippen LogP contribution < -0.4 is 15.4 Å². The maximum absolute atomic E-state index is 12.7. The average Bonchev–Trinajstić information content (AvgIpc) is 3.54. The van der Waals surface area contributed by atoms with Crippen molar-refractivity contribution in [2.75, 3.05) is 13.7 Å². The third kappa shape index (κ3) is 4.57. The molecule has 1 heterocycles. The van der Waals surface area contributed by atoms with Crippen LogP contribution in [-0.2, 0) is 4.79 Å². The number of amides is 2. The van der Waals surface area contributed by atoms with Crippen molar-refractivity contribution in [2.45, 2.75) is 63.3 Å². The minimum Gasteiger partial charge on any atom is -0.476 e. The van der Waals surface area contributed by atoms with E-state index in [1.807, 2.05) is 0 Å². The second-order valence-corrected chi connectivity index (χ2v) is 8.15. The minimum atomic E-state index is -0.534. The fourth-order valence-corrected chi connectivity index (χ4v) is 3.41. The van der Waals surface area contributed by atoms with E-state index in [0.29, 0.717) is 36.7 Å². The van der Waals surface area contributed by atoms with Crippen LogP contribution in [0, 0.1) is 11.8 Å². The van der Waals surface area contributed by atoms with Crippen molar-refractivity contribution in [3.8, 4) is 5.88 Å². The van der Waals surface area contributed by atoms with Crippen molar-refractivity contribution in [1.82, 2.24) is 20.6 Å². The predicted octanol–water partition coefficient (Wildman–Crippen LogP) is 2.18. The molecule has 0 spiro atoms. The van der Waals surface area contributed by atoms with Gasteiger partial charge in [-0.25, -0.2) is 4.98 Å². The Morgan fingerprint density at radius 1 is 1.19 bits per heavy atom. The molecule has 146 valence electrons. The van der Waals surface area contributed by atoms with Gasteiger partial charge >= 0.3 is 0 Å². The molecule has 3 saturated carbocycles. The molecule has 1 aromatic rings. The van der Waals surface area contributed by atoms with E-state index in [1.165, 1.54) is 25.5 Å². The van der Waals surface area contributed by atoms with Gasteiger partial charge in [-0.3, -0.25) is 14.6 Å². The zero-order chi connectivity index (χ0) is 18.8. The summed E-state index contributed by atoms with van der Waals surface area (Å²) in [6, 6.07) is -0.534. The lowest BCUT2D eigenvalue weighted by atomic mass is 9.80. The highest BCUT2D eigenvalue weighted by atomic mass is 16.5. The van der Waals surface area contributed by atoms with Crippen LogP contribution in [0.3, 0.4) is 0 Å². The molecule has 3 aliphatic rings. The van der Waals surface area contributed by atoms with Gasteiger partial charge in [-0.05, 0) is 43.9 Å². The maximum Gasteiger partial charge on any atom is 0.272 e. The molecule has 3 aliphatic carbocycles. The van der Waals surface area contributed by atoms with Crippen molar-refractivity contribution in [3.05, 3.63) is 17.6 Å². The number of hydrogen-bond acceptors (Lipinski definition) is 5. The van der Waals surface area contributed by atoms with E-state index in [-0.39, 0.29) is 17.5 Å². The van der Waals surface area contributed by atoms with Crippen LogP contribution in [0.2, 0.25) is 0 Å².